The average molecular weight is 674 g/mol. The highest BCUT2D eigenvalue weighted by Crippen LogP contribution is 2.26. The number of pyridine rings is 2. The van der Waals surface area contributed by atoms with Crippen LogP contribution in [0.4, 0.5) is 21.9 Å². The second-order valence-electron chi connectivity index (χ2n) is 10.5. The van der Waals surface area contributed by atoms with E-state index in [1.54, 1.807) is 37.4 Å². The van der Waals surface area contributed by atoms with Gasteiger partial charge in [0, 0.05) is 55.0 Å². The third-order valence-corrected chi connectivity index (χ3v) is 8.58. The summed E-state index contributed by atoms with van der Waals surface area (Å²) >= 11 is 0. The van der Waals surface area contributed by atoms with E-state index in [1.165, 1.54) is 0 Å². The minimum atomic E-state index is -3.33. The molecule has 0 atom stereocenters. The number of nitrogens with one attached hydrogen (secondary N) is 2. The Kier molecular flexibility index (Phi) is 13.0. The van der Waals surface area contributed by atoms with E-state index >= 15 is 0 Å². The second kappa shape index (κ2) is 16.4. The average Bonchev–Trinajstić information content (AvgIpc) is 3.02. The number of anilines is 3. The first kappa shape index (κ1) is 35.6. The smallest absolute Gasteiger partial charge is 0.326 e. The summed E-state index contributed by atoms with van der Waals surface area (Å²) < 4.78 is 31.8. The highest BCUT2D eigenvalue weighted by molar-refractivity contribution is 7.92. The van der Waals surface area contributed by atoms with Crippen LogP contribution in [0.1, 0.15) is 31.0 Å². The first-order valence-electron chi connectivity index (χ1n) is 14.3. The second-order valence-corrected chi connectivity index (χ2v) is 12.5. The molecule has 1 fully saturated rings. The van der Waals surface area contributed by atoms with Crippen LogP contribution in [-0.2, 0) is 16.6 Å². The topological polar surface area (TPSA) is 117 Å². The van der Waals surface area contributed by atoms with Crippen LogP contribution in [0.25, 0.3) is 0 Å². The number of carbonyl (C=O) groups is 1. The van der Waals surface area contributed by atoms with Crippen LogP contribution in [0.15, 0.2) is 91.3 Å². The maximum atomic E-state index is 13.4. The summed E-state index contributed by atoms with van der Waals surface area (Å²) in [5, 5.41) is 3.02. The lowest BCUT2D eigenvalue weighted by molar-refractivity contribution is 0.199. The van der Waals surface area contributed by atoms with Gasteiger partial charge in [-0.05, 0) is 80.8 Å². The summed E-state index contributed by atoms with van der Waals surface area (Å²) in [6, 6.07) is 24.0. The molecule has 2 amide bonds. The highest BCUT2D eigenvalue weighted by Gasteiger charge is 2.29. The van der Waals surface area contributed by atoms with Crippen molar-refractivity contribution in [2.24, 2.45) is 0 Å². The van der Waals surface area contributed by atoms with Gasteiger partial charge in [0.2, 0.25) is 15.9 Å². The molecule has 13 heteroatoms. The molecule has 0 unspecified atom stereocenters. The lowest BCUT2D eigenvalue weighted by Crippen LogP contribution is -2.49. The number of rotatable bonds is 10. The van der Waals surface area contributed by atoms with Crippen LogP contribution < -0.4 is 19.7 Å². The van der Waals surface area contributed by atoms with Gasteiger partial charge in [0.15, 0.2) is 0 Å². The van der Waals surface area contributed by atoms with Crippen LogP contribution in [0.5, 0.6) is 11.6 Å². The Balaban J connectivity index is 0.00000276. The fraction of sp³-hybridized carbons (Fsp3) is 0.281. The van der Waals surface area contributed by atoms with Crippen molar-refractivity contribution >= 4 is 57.9 Å². The Morgan fingerprint density at radius 2 is 1.60 bits per heavy atom. The number of para-hydroxylation sites is 1. The Morgan fingerprint density at radius 3 is 2.20 bits per heavy atom. The third kappa shape index (κ3) is 10.1. The van der Waals surface area contributed by atoms with E-state index in [1.807, 2.05) is 72.6 Å². The van der Waals surface area contributed by atoms with Crippen molar-refractivity contribution < 1.29 is 17.9 Å². The molecule has 240 valence electrons. The van der Waals surface area contributed by atoms with E-state index in [-0.39, 0.29) is 42.6 Å². The fourth-order valence-corrected chi connectivity index (χ4v) is 5.57. The molecule has 3 heterocycles. The number of aryl methyl sites for hydroxylation is 1. The maximum Gasteiger partial charge on any atom is 0.326 e. The van der Waals surface area contributed by atoms with E-state index < -0.39 is 10.0 Å². The van der Waals surface area contributed by atoms with Gasteiger partial charge in [-0.25, -0.2) is 18.2 Å². The first-order valence-corrected chi connectivity index (χ1v) is 16.0. The number of hydrogen-bond acceptors (Lipinski definition) is 7. The Morgan fingerprint density at radius 1 is 0.911 bits per heavy atom. The van der Waals surface area contributed by atoms with Crippen molar-refractivity contribution in [1.29, 1.82) is 0 Å². The van der Waals surface area contributed by atoms with Gasteiger partial charge >= 0.3 is 6.03 Å². The van der Waals surface area contributed by atoms with Crippen molar-refractivity contribution in [3.63, 3.8) is 0 Å². The van der Waals surface area contributed by atoms with Gasteiger partial charge in [-0.3, -0.25) is 19.5 Å². The molecule has 1 saturated heterocycles. The number of benzene rings is 2. The van der Waals surface area contributed by atoms with Gasteiger partial charge in [0.1, 0.15) is 5.75 Å². The molecule has 5 rings (SSSR count). The monoisotopic (exact) mass is 672 g/mol. The number of urea groups is 1. The summed E-state index contributed by atoms with van der Waals surface area (Å²) in [6.45, 7) is 5.95. The zero-order chi connectivity index (χ0) is 30.2. The van der Waals surface area contributed by atoms with E-state index in [0.717, 1.165) is 49.4 Å². The van der Waals surface area contributed by atoms with Crippen molar-refractivity contribution in [1.82, 2.24) is 14.9 Å². The molecule has 4 aromatic rings. The molecule has 1 aliphatic heterocycles. The Labute approximate surface area is 277 Å². The standard InChI is InChI=1S/C32H36N6O4S.2ClH/c1-3-43(40,41)36-26-12-14-30(15-13-26)42-31-16-10-25(21-34-31)23-37-19-17-29(18-20-37)38(28-7-5-4-6-8-28)32(39)35-27-11-9-24(2)33-22-27;;/h4-16,21-22,29,36H,3,17-20,23H2,1-2H3,(H,35,39);2*1H. The number of carbonyl (C=O) groups excluding carboxylic acids is 1. The van der Waals surface area contributed by atoms with Gasteiger partial charge < -0.3 is 10.1 Å². The molecule has 1 aliphatic rings. The van der Waals surface area contributed by atoms with Gasteiger partial charge in [-0.2, -0.15) is 0 Å². The van der Waals surface area contributed by atoms with Crippen LogP contribution in [0.2, 0.25) is 0 Å². The summed E-state index contributed by atoms with van der Waals surface area (Å²) in [5.74, 6) is 1.03. The number of amides is 2. The zero-order valence-electron chi connectivity index (χ0n) is 25.1. The van der Waals surface area contributed by atoms with Crippen molar-refractivity contribution in [2.45, 2.75) is 39.3 Å². The predicted molar refractivity (Wildman–Crippen MR) is 184 cm³/mol. The molecule has 0 bridgehead atoms. The molecule has 0 aliphatic carbocycles. The van der Waals surface area contributed by atoms with Gasteiger partial charge in [-0.15, -0.1) is 24.8 Å². The largest absolute Gasteiger partial charge is 0.439 e. The van der Waals surface area contributed by atoms with Crippen LogP contribution in [0.3, 0.4) is 0 Å². The molecule has 10 nitrogen and oxygen atoms in total. The van der Waals surface area contributed by atoms with Gasteiger partial charge in [0.25, 0.3) is 0 Å². The summed E-state index contributed by atoms with van der Waals surface area (Å²) in [7, 11) is -3.33. The third-order valence-electron chi connectivity index (χ3n) is 7.27. The number of sulfonamides is 1. The molecule has 2 aromatic heterocycles. The van der Waals surface area contributed by atoms with Crippen molar-refractivity contribution in [3.8, 4) is 11.6 Å². The van der Waals surface area contributed by atoms with Gasteiger partial charge in [-0.1, -0.05) is 24.3 Å². The number of likely N-dealkylation sites (tertiary alicyclic amines) is 1. The van der Waals surface area contributed by atoms with Crippen molar-refractivity contribution in [2.75, 3.05) is 33.8 Å². The molecule has 2 aromatic carbocycles. The van der Waals surface area contributed by atoms with E-state index in [9.17, 15) is 13.2 Å². The van der Waals surface area contributed by atoms with Crippen LogP contribution in [0, 0.1) is 6.92 Å². The SMILES string of the molecule is CCS(=O)(=O)Nc1ccc(Oc2ccc(CN3CCC(N(C(=O)Nc4ccc(C)nc4)c4ccccc4)CC3)cn2)cc1.Cl.Cl. The minimum absolute atomic E-state index is 0. The highest BCUT2D eigenvalue weighted by atomic mass is 35.5. The molecule has 0 radical (unpaired) electrons. The molecule has 0 spiro atoms. The zero-order valence-corrected chi connectivity index (χ0v) is 27.6. The maximum absolute atomic E-state index is 13.4. The minimum Gasteiger partial charge on any atom is -0.439 e. The van der Waals surface area contributed by atoms with E-state index in [0.29, 0.717) is 23.0 Å². The molecule has 0 saturated carbocycles. The Bertz CT molecular complexity index is 1600. The number of hydrogen-bond donors (Lipinski definition) is 2. The molecular weight excluding hydrogens is 635 g/mol. The Hall–Kier alpha value is -3.90. The summed E-state index contributed by atoms with van der Waals surface area (Å²) in [6.07, 6.45) is 5.17. The number of aromatic nitrogens is 2. The summed E-state index contributed by atoms with van der Waals surface area (Å²) in [5.41, 5.74) is 3.99. The van der Waals surface area contributed by atoms with E-state index in [4.69, 9.17) is 4.74 Å². The number of nitrogens with zero attached hydrogens (tertiary/aromatic N) is 4. The van der Waals surface area contributed by atoms with Crippen LogP contribution >= 0.6 is 24.8 Å². The van der Waals surface area contributed by atoms with Crippen molar-refractivity contribution in [3.05, 3.63) is 103 Å². The lowest BCUT2D eigenvalue weighted by atomic mass is 10.0. The van der Waals surface area contributed by atoms with E-state index in [2.05, 4.69) is 24.9 Å². The number of piperidine rings is 1. The molecule has 45 heavy (non-hydrogen) atoms. The normalized spacial score (nSPS) is 13.6. The lowest BCUT2D eigenvalue weighted by Gasteiger charge is -2.38. The first-order chi connectivity index (χ1) is 20.8. The number of ether oxygens (including phenoxy) is 1. The molecular formula is C32H38Cl2N6O4S. The fourth-order valence-electron chi connectivity index (χ4n) is 4.93. The quantitative estimate of drug-likeness (QED) is 0.188. The molecule has 2 N–H and O–H groups in total. The van der Waals surface area contributed by atoms with Crippen LogP contribution in [-0.4, -0.2) is 54.2 Å². The number of halogens is 2. The van der Waals surface area contributed by atoms with Gasteiger partial charge in [0.05, 0.1) is 17.6 Å². The summed E-state index contributed by atoms with van der Waals surface area (Å²) in [4.78, 5) is 26.4. The predicted octanol–water partition coefficient (Wildman–Crippen LogP) is 6.89.